The molecule has 0 bridgehead atoms. The summed E-state index contributed by atoms with van der Waals surface area (Å²) in [7, 11) is 0. The van der Waals surface area contributed by atoms with Gasteiger partial charge in [-0.05, 0) is 26.7 Å². The van der Waals surface area contributed by atoms with Crippen LogP contribution in [0.1, 0.15) is 104 Å². The Hall–Kier alpha value is -0.0400. The van der Waals surface area contributed by atoms with Crippen molar-refractivity contribution in [1.82, 2.24) is 0 Å². The largest absolute Gasteiger partial charge is 0.390 e. The van der Waals surface area contributed by atoms with E-state index >= 15 is 0 Å². The van der Waals surface area contributed by atoms with Crippen LogP contribution in [-0.2, 0) is 0 Å². The van der Waals surface area contributed by atoms with Crippen molar-refractivity contribution in [3.05, 3.63) is 6.42 Å². The van der Waals surface area contributed by atoms with Crippen molar-refractivity contribution in [2.24, 2.45) is 0 Å². The lowest BCUT2D eigenvalue weighted by Gasteiger charge is -2.15. The molecule has 1 radical (unpaired) electrons. The molecule has 0 spiro atoms. The normalized spacial score (nSPS) is 12.0. The molecule has 0 aliphatic carbocycles. The Balaban J connectivity index is 2.99. The standard InChI is InChI=1S/C18H37O/c1-4-5-6-7-8-9-10-11-12-13-14-15-16-17-18(2,3)19/h17,19H,4-16H2,1-3H3. The zero-order chi connectivity index (χ0) is 14.4. The molecule has 0 saturated carbocycles. The van der Waals surface area contributed by atoms with Crippen molar-refractivity contribution >= 4 is 0 Å². The second-order valence-corrected chi connectivity index (χ2v) is 6.54. The first-order valence-corrected chi connectivity index (χ1v) is 8.63. The SMILES string of the molecule is CCCCCCCCCCCCCC[CH]C(C)(C)O. The van der Waals surface area contributed by atoms with Gasteiger partial charge in [-0.25, -0.2) is 0 Å². The molecular formula is C18H37O. The summed E-state index contributed by atoms with van der Waals surface area (Å²) in [5, 5.41) is 9.54. The van der Waals surface area contributed by atoms with E-state index in [1.165, 1.54) is 77.0 Å². The van der Waals surface area contributed by atoms with Gasteiger partial charge in [0.2, 0.25) is 0 Å². The molecule has 0 aromatic heterocycles. The van der Waals surface area contributed by atoms with Crippen molar-refractivity contribution < 1.29 is 5.11 Å². The predicted molar refractivity (Wildman–Crippen MR) is 86.3 cm³/mol. The van der Waals surface area contributed by atoms with Crippen LogP contribution in [0, 0.1) is 6.42 Å². The maximum atomic E-state index is 9.54. The first kappa shape index (κ1) is 19.0. The van der Waals surface area contributed by atoms with Crippen LogP contribution in [-0.4, -0.2) is 10.7 Å². The Bertz CT molecular complexity index is 169. The summed E-state index contributed by atoms with van der Waals surface area (Å²) >= 11 is 0. The highest BCUT2D eigenvalue weighted by atomic mass is 16.3. The van der Waals surface area contributed by atoms with E-state index in [4.69, 9.17) is 0 Å². The molecule has 1 heteroatoms. The molecule has 0 rings (SSSR count). The van der Waals surface area contributed by atoms with Crippen molar-refractivity contribution in [3.63, 3.8) is 0 Å². The molecule has 1 N–H and O–H groups in total. The average Bonchev–Trinajstić information content (AvgIpc) is 2.34. The Morgan fingerprint density at radius 1 is 0.684 bits per heavy atom. The monoisotopic (exact) mass is 269 g/mol. The quantitative estimate of drug-likeness (QED) is 0.380. The molecule has 1 nitrogen and oxygen atoms in total. The highest BCUT2D eigenvalue weighted by molar-refractivity contribution is 4.83. The molecule has 0 amide bonds. The second kappa shape index (κ2) is 13.0. The summed E-state index contributed by atoms with van der Waals surface area (Å²) in [5.74, 6) is 0. The first-order chi connectivity index (χ1) is 9.06. The molecule has 0 saturated heterocycles. The van der Waals surface area contributed by atoms with Crippen LogP contribution < -0.4 is 0 Å². The number of hydrogen-bond donors (Lipinski definition) is 1. The summed E-state index contributed by atoms with van der Waals surface area (Å²) < 4.78 is 0. The van der Waals surface area contributed by atoms with Gasteiger partial charge in [0.15, 0.2) is 0 Å². The van der Waals surface area contributed by atoms with Crippen LogP contribution in [0.15, 0.2) is 0 Å². The summed E-state index contributed by atoms with van der Waals surface area (Å²) in [4.78, 5) is 0. The van der Waals surface area contributed by atoms with E-state index in [2.05, 4.69) is 6.92 Å². The van der Waals surface area contributed by atoms with Crippen molar-refractivity contribution in [2.75, 3.05) is 0 Å². The number of hydrogen-bond acceptors (Lipinski definition) is 1. The number of unbranched alkanes of at least 4 members (excludes halogenated alkanes) is 12. The summed E-state index contributed by atoms with van der Waals surface area (Å²) in [6, 6.07) is 0. The molecule has 0 atom stereocenters. The first-order valence-electron chi connectivity index (χ1n) is 8.63. The zero-order valence-electron chi connectivity index (χ0n) is 13.7. The van der Waals surface area contributed by atoms with Crippen molar-refractivity contribution in [3.8, 4) is 0 Å². The molecule has 0 aromatic carbocycles. The Morgan fingerprint density at radius 3 is 1.42 bits per heavy atom. The van der Waals surface area contributed by atoms with E-state index < -0.39 is 5.60 Å². The Labute approximate surface area is 122 Å². The maximum Gasteiger partial charge on any atom is 0.0623 e. The average molecular weight is 269 g/mol. The molecule has 0 fully saturated rings. The third-order valence-electron chi connectivity index (χ3n) is 3.70. The van der Waals surface area contributed by atoms with Crippen LogP contribution in [0.3, 0.4) is 0 Å². The zero-order valence-corrected chi connectivity index (χ0v) is 13.7. The van der Waals surface area contributed by atoms with E-state index in [-0.39, 0.29) is 0 Å². The predicted octanol–water partition coefficient (Wildman–Crippen LogP) is 6.05. The van der Waals surface area contributed by atoms with Gasteiger partial charge in [0.05, 0.1) is 5.60 Å². The molecule has 0 unspecified atom stereocenters. The minimum absolute atomic E-state index is 0.586. The van der Waals surface area contributed by atoms with Gasteiger partial charge in [-0.3, -0.25) is 0 Å². The Kier molecular flexibility index (Phi) is 12.9. The molecule has 0 heterocycles. The van der Waals surface area contributed by atoms with Crippen LogP contribution in [0.5, 0.6) is 0 Å². The van der Waals surface area contributed by atoms with E-state index in [0.717, 1.165) is 6.42 Å². The summed E-state index contributed by atoms with van der Waals surface area (Å²) in [6.07, 6.45) is 19.8. The number of rotatable bonds is 14. The molecule has 115 valence electrons. The van der Waals surface area contributed by atoms with Crippen LogP contribution >= 0.6 is 0 Å². The van der Waals surface area contributed by atoms with Gasteiger partial charge in [-0.1, -0.05) is 84.0 Å². The van der Waals surface area contributed by atoms with Crippen molar-refractivity contribution in [1.29, 1.82) is 0 Å². The molecule has 0 aromatic rings. The lowest BCUT2D eigenvalue weighted by atomic mass is 9.99. The lowest BCUT2D eigenvalue weighted by molar-refractivity contribution is 0.111. The highest BCUT2D eigenvalue weighted by Crippen LogP contribution is 2.15. The molecule has 19 heavy (non-hydrogen) atoms. The second-order valence-electron chi connectivity index (χ2n) is 6.54. The highest BCUT2D eigenvalue weighted by Gasteiger charge is 2.11. The molecule has 0 aliphatic heterocycles. The minimum Gasteiger partial charge on any atom is -0.390 e. The molecular weight excluding hydrogens is 232 g/mol. The van der Waals surface area contributed by atoms with Gasteiger partial charge in [-0.15, -0.1) is 0 Å². The Morgan fingerprint density at radius 2 is 1.05 bits per heavy atom. The fraction of sp³-hybridized carbons (Fsp3) is 0.944. The van der Waals surface area contributed by atoms with Crippen LogP contribution in [0.25, 0.3) is 0 Å². The fourth-order valence-electron chi connectivity index (χ4n) is 2.44. The number of aliphatic hydroxyl groups is 1. The van der Waals surface area contributed by atoms with Gasteiger partial charge in [-0.2, -0.15) is 0 Å². The van der Waals surface area contributed by atoms with E-state index in [1.807, 2.05) is 20.3 Å². The van der Waals surface area contributed by atoms with Gasteiger partial charge in [0.1, 0.15) is 0 Å². The maximum absolute atomic E-state index is 9.54. The summed E-state index contributed by atoms with van der Waals surface area (Å²) in [6.45, 7) is 5.99. The smallest absolute Gasteiger partial charge is 0.0623 e. The third kappa shape index (κ3) is 18.0. The lowest BCUT2D eigenvalue weighted by Crippen LogP contribution is -2.18. The fourth-order valence-corrected chi connectivity index (χ4v) is 2.44. The van der Waals surface area contributed by atoms with Gasteiger partial charge in [0.25, 0.3) is 0 Å². The third-order valence-corrected chi connectivity index (χ3v) is 3.70. The van der Waals surface area contributed by atoms with Gasteiger partial charge in [0, 0.05) is 0 Å². The van der Waals surface area contributed by atoms with E-state index in [0.29, 0.717) is 0 Å². The van der Waals surface area contributed by atoms with E-state index in [1.54, 1.807) is 0 Å². The van der Waals surface area contributed by atoms with Crippen LogP contribution in [0.2, 0.25) is 0 Å². The van der Waals surface area contributed by atoms with Gasteiger partial charge >= 0.3 is 0 Å². The van der Waals surface area contributed by atoms with Gasteiger partial charge < -0.3 is 5.11 Å². The van der Waals surface area contributed by atoms with Crippen molar-refractivity contribution in [2.45, 2.75) is 110 Å². The van der Waals surface area contributed by atoms with Crippen LogP contribution in [0.4, 0.5) is 0 Å². The minimum atomic E-state index is -0.586. The molecule has 0 aliphatic rings. The summed E-state index contributed by atoms with van der Waals surface area (Å²) in [5.41, 5.74) is -0.586. The van der Waals surface area contributed by atoms with E-state index in [9.17, 15) is 5.11 Å². The topological polar surface area (TPSA) is 20.2 Å².